The number of nitrogens with zero attached hydrogens (tertiary/aromatic N) is 5. The molecule has 8 rings (SSSR count). The zero-order valence-corrected chi connectivity index (χ0v) is 23.9. The van der Waals surface area contributed by atoms with E-state index in [-0.39, 0.29) is 5.75 Å². The van der Waals surface area contributed by atoms with Gasteiger partial charge >= 0.3 is 0 Å². The first-order valence-corrected chi connectivity index (χ1v) is 14.5. The molecule has 0 radical (unpaired) electrons. The second-order valence-electron chi connectivity index (χ2n) is 10.5. The standard InChI is InChI=1S/C38H25N5O2/c44-32-20-6-4-17-30(32)38-41-36(25-12-2-1-3-13-25)40-37(42-38)26-14-10-15-27(24-26)43(34-22-8-9-23-39-34)31-19-11-18-29-28-16-5-7-21-33(28)45-35(29)31/h1-24,44H. The number of aromatic nitrogens is 4. The summed E-state index contributed by atoms with van der Waals surface area (Å²) in [4.78, 5) is 21.3. The zero-order valence-electron chi connectivity index (χ0n) is 23.9. The van der Waals surface area contributed by atoms with E-state index in [4.69, 9.17) is 24.4 Å². The number of phenolic OH excluding ortho intramolecular Hbond substituents is 1. The maximum absolute atomic E-state index is 10.7. The Morgan fingerprint density at radius 3 is 2.09 bits per heavy atom. The fourth-order valence-corrected chi connectivity index (χ4v) is 5.58. The lowest BCUT2D eigenvalue weighted by molar-refractivity contribution is 0.477. The van der Waals surface area contributed by atoms with Crippen LogP contribution in [-0.2, 0) is 0 Å². The molecule has 45 heavy (non-hydrogen) atoms. The van der Waals surface area contributed by atoms with E-state index in [1.165, 1.54) is 0 Å². The van der Waals surface area contributed by atoms with E-state index in [9.17, 15) is 5.11 Å². The maximum Gasteiger partial charge on any atom is 0.167 e. The van der Waals surface area contributed by atoms with Gasteiger partial charge in [0, 0.05) is 33.8 Å². The molecule has 0 saturated carbocycles. The molecular formula is C38H25N5O2. The number of hydrogen-bond donors (Lipinski definition) is 1. The van der Waals surface area contributed by atoms with E-state index in [2.05, 4.69) is 17.0 Å². The van der Waals surface area contributed by atoms with Crippen LogP contribution in [0.5, 0.6) is 5.75 Å². The predicted octanol–water partition coefficient (Wildman–Crippen LogP) is 9.34. The quantitative estimate of drug-likeness (QED) is 0.209. The highest BCUT2D eigenvalue weighted by Crippen LogP contribution is 2.42. The molecule has 7 nitrogen and oxygen atoms in total. The van der Waals surface area contributed by atoms with E-state index in [1.54, 1.807) is 24.4 Å². The Morgan fingerprint density at radius 1 is 0.556 bits per heavy atom. The molecule has 1 N–H and O–H groups in total. The van der Waals surface area contributed by atoms with E-state index in [0.717, 1.165) is 50.3 Å². The summed E-state index contributed by atoms with van der Waals surface area (Å²) >= 11 is 0. The van der Waals surface area contributed by atoms with Crippen LogP contribution in [0.1, 0.15) is 0 Å². The van der Waals surface area contributed by atoms with Crippen LogP contribution in [0.3, 0.4) is 0 Å². The monoisotopic (exact) mass is 583 g/mol. The lowest BCUT2D eigenvalue weighted by atomic mass is 10.1. The van der Waals surface area contributed by atoms with E-state index in [0.29, 0.717) is 23.0 Å². The minimum absolute atomic E-state index is 0.0997. The SMILES string of the molecule is Oc1ccccc1-c1nc(-c2ccccc2)nc(-c2cccc(N(c3ccccn3)c3cccc4c3oc3ccccc34)c2)n1. The Morgan fingerprint density at radius 2 is 1.24 bits per heavy atom. The number of pyridine rings is 1. The highest BCUT2D eigenvalue weighted by atomic mass is 16.3. The van der Waals surface area contributed by atoms with Crippen LogP contribution < -0.4 is 4.90 Å². The average Bonchev–Trinajstić information content (AvgIpc) is 3.49. The van der Waals surface area contributed by atoms with Crippen LogP contribution in [0.25, 0.3) is 56.1 Å². The number of aromatic hydroxyl groups is 1. The van der Waals surface area contributed by atoms with E-state index < -0.39 is 0 Å². The number of anilines is 3. The molecule has 0 fully saturated rings. The third-order valence-corrected chi connectivity index (χ3v) is 7.68. The number of rotatable bonds is 6. The summed E-state index contributed by atoms with van der Waals surface area (Å²) in [5, 5.41) is 12.8. The van der Waals surface area contributed by atoms with Crippen molar-refractivity contribution in [2.45, 2.75) is 0 Å². The molecular weight excluding hydrogens is 558 g/mol. The lowest BCUT2D eigenvalue weighted by Gasteiger charge is -2.24. The van der Waals surface area contributed by atoms with Gasteiger partial charge in [0.2, 0.25) is 0 Å². The third kappa shape index (κ3) is 4.82. The van der Waals surface area contributed by atoms with Crippen LogP contribution >= 0.6 is 0 Å². The van der Waals surface area contributed by atoms with Gasteiger partial charge in [-0.2, -0.15) is 0 Å². The van der Waals surface area contributed by atoms with Gasteiger partial charge in [-0.05, 0) is 48.5 Å². The van der Waals surface area contributed by atoms with Gasteiger partial charge in [-0.3, -0.25) is 4.90 Å². The Hall–Kier alpha value is -6.34. The Bertz CT molecular complexity index is 2300. The number of hydrogen-bond acceptors (Lipinski definition) is 7. The van der Waals surface area contributed by atoms with Crippen LogP contribution in [0.15, 0.2) is 150 Å². The summed E-state index contributed by atoms with van der Waals surface area (Å²) in [6.07, 6.45) is 1.78. The lowest BCUT2D eigenvalue weighted by Crippen LogP contribution is -2.12. The summed E-state index contributed by atoms with van der Waals surface area (Å²) < 4.78 is 6.44. The summed E-state index contributed by atoms with van der Waals surface area (Å²) in [5.74, 6) is 2.21. The van der Waals surface area contributed by atoms with Crippen molar-refractivity contribution in [2.75, 3.05) is 4.90 Å². The predicted molar refractivity (Wildman–Crippen MR) is 178 cm³/mol. The van der Waals surface area contributed by atoms with Crippen molar-refractivity contribution >= 4 is 39.1 Å². The van der Waals surface area contributed by atoms with Gasteiger partial charge in [0.1, 0.15) is 17.2 Å². The zero-order chi connectivity index (χ0) is 30.2. The Kier molecular flexibility index (Phi) is 6.46. The smallest absolute Gasteiger partial charge is 0.167 e. The van der Waals surface area contributed by atoms with Crippen molar-refractivity contribution in [1.29, 1.82) is 0 Å². The van der Waals surface area contributed by atoms with Crippen molar-refractivity contribution in [3.8, 4) is 39.9 Å². The summed E-state index contributed by atoms with van der Waals surface area (Å²) in [6.45, 7) is 0. The van der Waals surface area contributed by atoms with Gasteiger partial charge in [-0.1, -0.05) is 91.0 Å². The molecule has 0 amide bonds. The molecule has 3 heterocycles. The Balaban J connectivity index is 1.32. The van der Waals surface area contributed by atoms with Gasteiger partial charge in [-0.15, -0.1) is 0 Å². The van der Waals surface area contributed by atoms with Gasteiger partial charge in [0.15, 0.2) is 23.1 Å². The topological polar surface area (TPSA) is 88.2 Å². The molecule has 214 valence electrons. The molecule has 5 aromatic carbocycles. The van der Waals surface area contributed by atoms with Crippen LogP contribution in [-0.4, -0.2) is 25.0 Å². The molecule has 0 unspecified atom stereocenters. The molecule has 0 aliphatic heterocycles. The summed E-state index contributed by atoms with van der Waals surface area (Å²) in [6, 6.07) is 44.9. The first kappa shape index (κ1) is 26.3. The number of fused-ring (bicyclic) bond motifs is 3. The molecule has 8 aromatic rings. The molecule has 0 spiro atoms. The van der Waals surface area contributed by atoms with Crippen LogP contribution in [0, 0.1) is 0 Å². The van der Waals surface area contributed by atoms with Crippen molar-refractivity contribution in [3.05, 3.63) is 146 Å². The van der Waals surface area contributed by atoms with E-state index >= 15 is 0 Å². The number of para-hydroxylation sites is 3. The normalized spacial score (nSPS) is 11.2. The molecule has 3 aromatic heterocycles. The fraction of sp³-hybridized carbons (Fsp3) is 0. The Labute approximate surface area is 258 Å². The maximum atomic E-state index is 10.7. The van der Waals surface area contributed by atoms with Gasteiger partial charge in [0.05, 0.1) is 11.3 Å². The van der Waals surface area contributed by atoms with Crippen molar-refractivity contribution in [3.63, 3.8) is 0 Å². The molecule has 0 aliphatic carbocycles. The van der Waals surface area contributed by atoms with Gasteiger partial charge in [-0.25, -0.2) is 19.9 Å². The molecule has 0 aliphatic rings. The second kappa shape index (κ2) is 11.1. The first-order valence-electron chi connectivity index (χ1n) is 14.5. The molecule has 7 heteroatoms. The van der Waals surface area contributed by atoms with Gasteiger partial charge < -0.3 is 9.52 Å². The van der Waals surface area contributed by atoms with Gasteiger partial charge in [0.25, 0.3) is 0 Å². The van der Waals surface area contributed by atoms with Crippen LogP contribution in [0.4, 0.5) is 17.2 Å². The minimum Gasteiger partial charge on any atom is -0.507 e. The largest absolute Gasteiger partial charge is 0.507 e. The van der Waals surface area contributed by atoms with Crippen LogP contribution in [0.2, 0.25) is 0 Å². The third-order valence-electron chi connectivity index (χ3n) is 7.68. The second-order valence-corrected chi connectivity index (χ2v) is 10.5. The minimum atomic E-state index is 0.0997. The molecule has 0 bridgehead atoms. The number of furan rings is 1. The van der Waals surface area contributed by atoms with E-state index in [1.807, 2.05) is 109 Å². The molecule has 0 atom stereocenters. The summed E-state index contributed by atoms with van der Waals surface area (Å²) in [5.41, 5.74) is 5.45. The molecule has 0 saturated heterocycles. The highest BCUT2D eigenvalue weighted by Gasteiger charge is 2.21. The fourth-order valence-electron chi connectivity index (χ4n) is 5.58. The number of phenols is 1. The van der Waals surface area contributed by atoms with Crippen molar-refractivity contribution < 1.29 is 9.52 Å². The highest BCUT2D eigenvalue weighted by molar-refractivity contribution is 6.10. The summed E-state index contributed by atoms with van der Waals surface area (Å²) in [7, 11) is 0. The first-order chi connectivity index (χ1) is 22.2. The van der Waals surface area contributed by atoms with Crippen molar-refractivity contribution in [2.24, 2.45) is 0 Å². The average molecular weight is 584 g/mol. The van der Waals surface area contributed by atoms with Crippen molar-refractivity contribution in [1.82, 2.24) is 19.9 Å². The number of benzene rings is 5.